The first-order valence-corrected chi connectivity index (χ1v) is 5.16. The van der Waals surface area contributed by atoms with Crippen LogP contribution in [-0.2, 0) is 19.4 Å². The Balaban J connectivity index is 2.72. The molecule has 1 aromatic carbocycles. The van der Waals surface area contributed by atoms with E-state index in [0.29, 0.717) is 0 Å². The predicted octanol–water partition coefficient (Wildman–Crippen LogP) is 2.09. The summed E-state index contributed by atoms with van der Waals surface area (Å²) in [5.74, 6) is 0. The van der Waals surface area contributed by atoms with Gasteiger partial charge in [-0.05, 0) is 0 Å². The molecule has 0 aromatic heterocycles. The summed E-state index contributed by atoms with van der Waals surface area (Å²) in [7, 11) is 0. The van der Waals surface area contributed by atoms with Crippen molar-refractivity contribution in [3.05, 3.63) is 30.3 Å². The van der Waals surface area contributed by atoms with E-state index in [1.807, 2.05) is 6.07 Å². The number of rotatable bonds is 2. The summed E-state index contributed by atoms with van der Waals surface area (Å²) in [6.07, 6.45) is 0. The van der Waals surface area contributed by atoms with Gasteiger partial charge in [-0.1, -0.05) is 0 Å². The zero-order valence-electron chi connectivity index (χ0n) is 4.78. The molecule has 0 unspecified atom stereocenters. The van der Waals surface area contributed by atoms with Crippen molar-refractivity contribution in [2.75, 3.05) is 0 Å². The number of benzene rings is 1. The van der Waals surface area contributed by atoms with E-state index in [1.54, 1.807) is 11.8 Å². The van der Waals surface area contributed by atoms with Gasteiger partial charge in [0.15, 0.2) is 0 Å². The van der Waals surface area contributed by atoms with Crippen LogP contribution >= 0.6 is 11.8 Å². The van der Waals surface area contributed by atoms with E-state index in [9.17, 15) is 0 Å². The molecule has 0 amide bonds. The molecule has 0 saturated carbocycles. The summed E-state index contributed by atoms with van der Waals surface area (Å²) >= 11 is 3.30. The van der Waals surface area contributed by atoms with Gasteiger partial charge in [0.05, 0.1) is 0 Å². The second-order valence-electron chi connectivity index (χ2n) is 1.53. The van der Waals surface area contributed by atoms with Crippen LogP contribution in [0.3, 0.4) is 0 Å². The summed E-state index contributed by atoms with van der Waals surface area (Å²) in [5, 5.41) is 0. The van der Waals surface area contributed by atoms with Crippen molar-refractivity contribution >= 4 is 15.5 Å². The second kappa shape index (κ2) is 4.03. The Hall–Kier alpha value is 0.128. The Morgan fingerprint density at radius 2 is 1.89 bits per heavy atom. The first kappa shape index (κ1) is 7.24. The van der Waals surface area contributed by atoms with Crippen molar-refractivity contribution in [2.24, 2.45) is 0 Å². The van der Waals surface area contributed by atoms with Crippen LogP contribution in [0, 0.1) is 0 Å². The fraction of sp³-hybridized carbons (Fsp3) is 0. The Bertz CT molecular complexity index is 183. The van der Waals surface area contributed by atoms with E-state index >= 15 is 0 Å². The summed E-state index contributed by atoms with van der Waals surface area (Å²) in [6.45, 7) is 0. The van der Waals surface area contributed by atoms with Crippen LogP contribution in [0.5, 0.6) is 0 Å². The third-order valence-corrected chi connectivity index (χ3v) is 2.61. The van der Waals surface area contributed by atoms with Crippen LogP contribution in [0.15, 0.2) is 35.2 Å². The molecule has 0 saturated heterocycles. The van der Waals surface area contributed by atoms with Crippen LogP contribution in [0.4, 0.5) is 0 Å². The number of hydrogen-bond acceptors (Lipinski definition) is 1. The van der Waals surface area contributed by atoms with Crippen LogP contribution in [0.1, 0.15) is 0 Å². The molecular weight excluding hydrogens is 300 g/mol. The van der Waals surface area contributed by atoms with E-state index < -0.39 is 0 Å². The van der Waals surface area contributed by atoms with Crippen molar-refractivity contribution in [2.45, 2.75) is 4.90 Å². The molecule has 0 fully saturated rings. The second-order valence-corrected chi connectivity index (χ2v) is 4.50. The minimum absolute atomic E-state index is 1.33. The monoisotopic (exact) mass is 306 g/mol. The van der Waals surface area contributed by atoms with Crippen LogP contribution < -0.4 is 0 Å². The molecule has 0 aliphatic rings. The van der Waals surface area contributed by atoms with Gasteiger partial charge >= 0.3 is 70.1 Å². The average molecular weight is 306 g/mol. The number of hydrogen-bond donors (Lipinski definition) is 0. The normalized spacial score (nSPS) is 8.89. The molecule has 1 rings (SSSR count). The van der Waals surface area contributed by atoms with E-state index in [4.69, 9.17) is 0 Å². The van der Waals surface area contributed by atoms with Gasteiger partial charge in [-0.15, -0.1) is 0 Å². The van der Waals surface area contributed by atoms with Crippen molar-refractivity contribution in [3.8, 4) is 0 Å². The average Bonchev–Trinajstić information content (AvgIpc) is 1.91. The fourth-order valence-electron chi connectivity index (χ4n) is 0.555. The third-order valence-electron chi connectivity index (χ3n) is 0.927. The molecule has 0 radical (unpaired) electrons. The van der Waals surface area contributed by atoms with Crippen LogP contribution in [0.25, 0.3) is 0 Å². The van der Waals surface area contributed by atoms with Gasteiger partial charge < -0.3 is 0 Å². The van der Waals surface area contributed by atoms with Crippen molar-refractivity contribution in [3.63, 3.8) is 0 Å². The van der Waals surface area contributed by atoms with E-state index in [2.05, 4.69) is 28.0 Å². The minimum atomic E-state index is 1.33. The van der Waals surface area contributed by atoms with Gasteiger partial charge in [-0.25, -0.2) is 0 Å². The quantitative estimate of drug-likeness (QED) is 0.754. The maximum absolute atomic E-state index is 2.16. The Labute approximate surface area is 70.1 Å². The molecular formula is C7H6SW. The molecule has 0 nitrogen and oxygen atoms in total. The van der Waals surface area contributed by atoms with Crippen LogP contribution in [-0.4, -0.2) is 3.73 Å². The molecule has 0 atom stereocenters. The Kier molecular flexibility index (Phi) is 3.24. The van der Waals surface area contributed by atoms with Gasteiger partial charge in [0, 0.05) is 0 Å². The first-order chi connectivity index (χ1) is 4.43. The summed E-state index contributed by atoms with van der Waals surface area (Å²) in [5.41, 5.74) is 0. The molecule has 2 heteroatoms. The molecule has 0 heterocycles. The van der Waals surface area contributed by atoms with Gasteiger partial charge in [0.1, 0.15) is 0 Å². The third kappa shape index (κ3) is 2.47. The van der Waals surface area contributed by atoms with Crippen LogP contribution in [0.2, 0.25) is 0 Å². The predicted molar refractivity (Wildman–Crippen MR) is 38.4 cm³/mol. The van der Waals surface area contributed by atoms with Crippen molar-refractivity contribution < 1.29 is 19.4 Å². The van der Waals surface area contributed by atoms with E-state index in [1.165, 1.54) is 24.2 Å². The molecule has 0 N–H and O–H groups in total. The van der Waals surface area contributed by atoms with Crippen molar-refractivity contribution in [1.82, 2.24) is 0 Å². The maximum atomic E-state index is 2.16. The molecule has 0 aliphatic heterocycles. The Morgan fingerprint density at radius 3 is 2.44 bits per heavy atom. The van der Waals surface area contributed by atoms with Gasteiger partial charge in [0.2, 0.25) is 0 Å². The van der Waals surface area contributed by atoms with E-state index in [0.717, 1.165) is 0 Å². The zero-order chi connectivity index (χ0) is 6.53. The summed E-state index contributed by atoms with van der Waals surface area (Å²) in [4.78, 5) is 1.33. The molecule has 0 spiro atoms. The zero-order valence-corrected chi connectivity index (χ0v) is 8.53. The Morgan fingerprint density at radius 1 is 1.22 bits per heavy atom. The van der Waals surface area contributed by atoms with Gasteiger partial charge in [0.25, 0.3) is 0 Å². The topological polar surface area (TPSA) is 0 Å². The summed E-state index contributed by atoms with van der Waals surface area (Å²) in [6, 6.07) is 10.4. The molecule has 1 aromatic rings. The van der Waals surface area contributed by atoms with E-state index in [-0.39, 0.29) is 0 Å². The van der Waals surface area contributed by atoms with Crippen molar-refractivity contribution in [1.29, 1.82) is 0 Å². The number of thioether (sulfide) groups is 1. The standard InChI is InChI=1S/C7H6S.W/c1-8-7-5-3-2-4-6-7;/h1-6H;. The molecule has 46 valence electrons. The van der Waals surface area contributed by atoms with Gasteiger partial charge in [-0.3, -0.25) is 0 Å². The summed E-state index contributed by atoms with van der Waals surface area (Å²) < 4.78 is 2.16. The first-order valence-electron chi connectivity index (χ1n) is 2.59. The fourth-order valence-corrected chi connectivity index (χ4v) is 2.18. The molecule has 0 aliphatic carbocycles. The van der Waals surface area contributed by atoms with Gasteiger partial charge in [-0.2, -0.15) is 0 Å². The molecule has 9 heavy (non-hydrogen) atoms. The molecule has 0 bridgehead atoms. The SMILES string of the molecule is [W]=[CH]Sc1ccccc1.